The molecule has 1 atom stereocenters. The number of hydrogen-bond donors (Lipinski definition) is 1. The highest BCUT2D eigenvalue weighted by atomic mass is 15.1. The lowest BCUT2D eigenvalue weighted by molar-refractivity contribution is 0.317. The number of benzene rings is 2. The van der Waals surface area contributed by atoms with Crippen LogP contribution in [0.5, 0.6) is 0 Å². The Hall–Kier alpha value is -1.64. The highest BCUT2D eigenvalue weighted by molar-refractivity contribution is 5.64. The van der Waals surface area contributed by atoms with Crippen molar-refractivity contribution in [1.82, 2.24) is 10.2 Å². The van der Waals surface area contributed by atoms with Crippen molar-refractivity contribution < 1.29 is 0 Å². The lowest BCUT2D eigenvalue weighted by Crippen LogP contribution is -2.24. The van der Waals surface area contributed by atoms with Gasteiger partial charge in [0.1, 0.15) is 0 Å². The normalized spacial score (nSPS) is 21.6. The van der Waals surface area contributed by atoms with Crippen LogP contribution in [0.2, 0.25) is 0 Å². The number of hydrogen-bond acceptors (Lipinski definition) is 2. The lowest BCUT2D eigenvalue weighted by Gasteiger charge is -2.21. The molecular weight excluding hydrogens is 328 g/mol. The van der Waals surface area contributed by atoms with E-state index in [-0.39, 0.29) is 0 Å². The first kappa shape index (κ1) is 18.7. The molecule has 27 heavy (non-hydrogen) atoms. The molecule has 1 heterocycles. The molecule has 2 heteroatoms. The summed E-state index contributed by atoms with van der Waals surface area (Å²) in [6.45, 7) is 3.39. The van der Waals surface area contributed by atoms with Crippen molar-refractivity contribution >= 4 is 0 Å². The largest absolute Gasteiger partial charge is 0.312 e. The van der Waals surface area contributed by atoms with Gasteiger partial charge in [-0.2, -0.15) is 0 Å². The molecule has 1 saturated heterocycles. The van der Waals surface area contributed by atoms with Crippen molar-refractivity contribution in [3.63, 3.8) is 0 Å². The zero-order chi connectivity index (χ0) is 18.5. The van der Waals surface area contributed by atoms with Crippen molar-refractivity contribution in [2.45, 2.75) is 57.5 Å². The number of nitrogens with one attached hydrogen (secondary N) is 1. The summed E-state index contributed by atoms with van der Waals surface area (Å²) in [5.74, 6) is 0.899. The molecule has 2 aliphatic rings. The molecular formula is C25H34N2. The van der Waals surface area contributed by atoms with E-state index in [4.69, 9.17) is 0 Å². The van der Waals surface area contributed by atoms with Crippen LogP contribution in [0.1, 0.15) is 62.1 Å². The summed E-state index contributed by atoms with van der Waals surface area (Å²) in [6.07, 6.45) is 9.73. The third-order valence-corrected chi connectivity index (χ3v) is 6.59. The molecule has 2 aromatic carbocycles. The van der Waals surface area contributed by atoms with Crippen LogP contribution in [0, 0.1) is 5.92 Å². The van der Waals surface area contributed by atoms with Gasteiger partial charge in [-0.15, -0.1) is 0 Å². The Labute approximate surface area is 165 Å². The molecule has 1 aliphatic heterocycles. The molecule has 0 radical (unpaired) electrons. The zero-order valence-corrected chi connectivity index (χ0v) is 16.8. The molecule has 2 nitrogen and oxygen atoms in total. The fourth-order valence-corrected chi connectivity index (χ4v) is 4.86. The number of nitrogens with zero attached hydrogens (tertiary/aromatic N) is 1. The van der Waals surface area contributed by atoms with Gasteiger partial charge in [-0.1, -0.05) is 67.8 Å². The summed E-state index contributed by atoms with van der Waals surface area (Å²) in [5, 5.41) is 3.67. The standard InChI is InChI=1S/C25H34N2/c1-27-17-5-8-25(27)24-15-13-23(14-16-24)22-11-9-21(10-12-22)19-26-18-20-6-3-2-4-7-20/h9-16,20,25-26H,2-8,17-19H2,1H3. The summed E-state index contributed by atoms with van der Waals surface area (Å²) in [5.41, 5.74) is 5.49. The van der Waals surface area contributed by atoms with Gasteiger partial charge < -0.3 is 5.32 Å². The maximum absolute atomic E-state index is 3.67. The maximum atomic E-state index is 3.67. The molecule has 0 amide bonds. The predicted octanol–water partition coefficient (Wildman–Crippen LogP) is 5.79. The molecule has 0 spiro atoms. The van der Waals surface area contributed by atoms with Crippen LogP contribution in [0.15, 0.2) is 48.5 Å². The van der Waals surface area contributed by atoms with Gasteiger partial charge in [0.15, 0.2) is 0 Å². The van der Waals surface area contributed by atoms with Crippen molar-refractivity contribution in [2.75, 3.05) is 20.1 Å². The first-order valence-corrected chi connectivity index (χ1v) is 10.9. The highest BCUT2D eigenvalue weighted by Crippen LogP contribution is 2.31. The average Bonchev–Trinajstić information content (AvgIpc) is 3.15. The highest BCUT2D eigenvalue weighted by Gasteiger charge is 2.22. The lowest BCUT2D eigenvalue weighted by atomic mass is 9.89. The molecule has 4 rings (SSSR count). The topological polar surface area (TPSA) is 15.3 Å². The van der Waals surface area contributed by atoms with Gasteiger partial charge in [-0.3, -0.25) is 4.90 Å². The van der Waals surface area contributed by atoms with Crippen LogP contribution >= 0.6 is 0 Å². The third-order valence-electron chi connectivity index (χ3n) is 6.59. The first-order valence-electron chi connectivity index (χ1n) is 10.9. The van der Waals surface area contributed by atoms with Crippen LogP contribution in [0.4, 0.5) is 0 Å². The van der Waals surface area contributed by atoms with Gasteiger partial charge >= 0.3 is 0 Å². The molecule has 1 unspecified atom stereocenters. The van der Waals surface area contributed by atoms with Crippen molar-refractivity contribution in [3.05, 3.63) is 59.7 Å². The SMILES string of the molecule is CN1CCCC1c1ccc(-c2ccc(CNCC3CCCCC3)cc2)cc1. The van der Waals surface area contributed by atoms with Gasteiger partial charge in [-0.25, -0.2) is 0 Å². The molecule has 2 aromatic rings. The van der Waals surface area contributed by atoms with Crippen molar-refractivity contribution in [3.8, 4) is 11.1 Å². The molecule has 1 N–H and O–H groups in total. The average molecular weight is 363 g/mol. The Bertz CT molecular complexity index is 698. The number of likely N-dealkylation sites (tertiary alicyclic amines) is 1. The second-order valence-corrected chi connectivity index (χ2v) is 8.59. The molecule has 0 bridgehead atoms. The summed E-state index contributed by atoms with van der Waals surface area (Å²) < 4.78 is 0. The van der Waals surface area contributed by atoms with Crippen LogP contribution in [0.3, 0.4) is 0 Å². The second-order valence-electron chi connectivity index (χ2n) is 8.59. The molecule has 1 saturated carbocycles. The van der Waals surface area contributed by atoms with Crippen molar-refractivity contribution in [1.29, 1.82) is 0 Å². The van der Waals surface area contributed by atoms with E-state index in [1.165, 1.54) is 80.3 Å². The summed E-state index contributed by atoms with van der Waals surface area (Å²) in [6, 6.07) is 18.9. The first-order chi connectivity index (χ1) is 13.3. The van der Waals surface area contributed by atoms with Gasteiger partial charge in [0, 0.05) is 12.6 Å². The molecule has 144 valence electrons. The maximum Gasteiger partial charge on any atom is 0.0345 e. The monoisotopic (exact) mass is 362 g/mol. The quantitative estimate of drug-likeness (QED) is 0.699. The van der Waals surface area contributed by atoms with Crippen LogP contribution < -0.4 is 5.32 Å². The van der Waals surface area contributed by atoms with E-state index < -0.39 is 0 Å². The smallest absolute Gasteiger partial charge is 0.0345 e. The van der Waals surface area contributed by atoms with Gasteiger partial charge in [0.2, 0.25) is 0 Å². The van der Waals surface area contributed by atoms with Crippen LogP contribution in [0.25, 0.3) is 11.1 Å². The fourth-order valence-electron chi connectivity index (χ4n) is 4.86. The van der Waals surface area contributed by atoms with Gasteiger partial charge in [0.25, 0.3) is 0 Å². The van der Waals surface area contributed by atoms with Gasteiger partial charge in [-0.05, 0) is 74.0 Å². The Kier molecular flexibility index (Phi) is 6.26. The summed E-state index contributed by atoms with van der Waals surface area (Å²) in [7, 11) is 2.24. The third kappa shape index (κ3) is 4.80. The van der Waals surface area contributed by atoms with Crippen LogP contribution in [-0.4, -0.2) is 25.0 Å². The second kappa shape index (κ2) is 9.03. The predicted molar refractivity (Wildman–Crippen MR) is 115 cm³/mol. The Balaban J connectivity index is 1.31. The molecule has 0 aromatic heterocycles. The Morgan fingerprint density at radius 2 is 1.48 bits per heavy atom. The molecule has 1 aliphatic carbocycles. The summed E-state index contributed by atoms with van der Waals surface area (Å²) in [4.78, 5) is 2.48. The minimum atomic E-state index is 0.608. The van der Waals surface area contributed by atoms with E-state index in [2.05, 4.69) is 65.8 Å². The minimum Gasteiger partial charge on any atom is -0.312 e. The van der Waals surface area contributed by atoms with E-state index in [1.54, 1.807) is 0 Å². The fraction of sp³-hybridized carbons (Fsp3) is 0.520. The Morgan fingerprint density at radius 3 is 2.11 bits per heavy atom. The van der Waals surface area contributed by atoms with E-state index in [1.807, 2.05) is 0 Å². The number of rotatable bonds is 6. The van der Waals surface area contributed by atoms with E-state index >= 15 is 0 Å². The van der Waals surface area contributed by atoms with Crippen molar-refractivity contribution in [2.24, 2.45) is 5.92 Å². The van der Waals surface area contributed by atoms with Crippen LogP contribution in [-0.2, 0) is 6.54 Å². The zero-order valence-electron chi connectivity index (χ0n) is 16.8. The molecule has 2 fully saturated rings. The van der Waals surface area contributed by atoms with E-state index in [9.17, 15) is 0 Å². The Morgan fingerprint density at radius 1 is 0.815 bits per heavy atom. The van der Waals surface area contributed by atoms with E-state index in [0.717, 1.165) is 12.5 Å². The van der Waals surface area contributed by atoms with Gasteiger partial charge in [0.05, 0.1) is 0 Å². The summed E-state index contributed by atoms with van der Waals surface area (Å²) >= 11 is 0. The minimum absolute atomic E-state index is 0.608. The van der Waals surface area contributed by atoms with E-state index in [0.29, 0.717) is 6.04 Å².